The van der Waals surface area contributed by atoms with Crippen LogP contribution in [-0.4, -0.2) is 50.0 Å². The van der Waals surface area contributed by atoms with E-state index in [-0.39, 0.29) is 18.1 Å². The lowest BCUT2D eigenvalue weighted by Crippen LogP contribution is -2.49. The minimum absolute atomic E-state index is 0.205. The van der Waals surface area contributed by atoms with Crippen molar-refractivity contribution in [3.05, 3.63) is 54.3 Å². The molecule has 0 atom stereocenters. The van der Waals surface area contributed by atoms with E-state index in [9.17, 15) is 14.0 Å². The summed E-state index contributed by atoms with van der Waals surface area (Å²) in [7, 11) is 1.63. The first-order valence-corrected chi connectivity index (χ1v) is 8.77. The number of hydrogen-bond acceptors (Lipinski definition) is 4. The zero-order chi connectivity index (χ0) is 19.2. The summed E-state index contributed by atoms with van der Waals surface area (Å²) in [5.74, 6) is -0.174. The van der Waals surface area contributed by atoms with Crippen LogP contribution in [0.25, 0.3) is 0 Å². The van der Waals surface area contributed by atoms with E-state index in [1.165, 1.54) is 24.3 Å². The molecule has 0 radical (unpaired) electrons. The summed E-state index contributed by atoms with van der Waals surface area (Å²) in [6, 6.07) is 13.3. The van der Waals surface area contributed by atoms with Crippen LogP contribution in [0.4, 0.5) is 15.8 Å². The number of amides is 2. The number of benzene rings is 2. The number of carbonyl (C=O) groups excluding carboxylic acids is 2. The molecule has 0 spiro atoms. The van der Waals surface area contributed by atoms with E-state index < -0.39 is 5.91 Å². The predicted octanol–water partition coefficient (Wildman–Crippen LogP) is 2.51. The molecule has 2 amide bonds. The van der Waals surface area contributed by atoms with Crippen LogP contribution in [-0.2, 0) is 9.59 Å². The molecule has 1 aliphatic rings. The lowest BCUT2D eigenvalue weighted by molar-refractivity contribution is -0.134. The molecule has 27 heavy (non-hydrogen) atoms. The number of carbonyl (C=O) groups is 2. The highest BCUT2D eigenvalue weighted by Gasteiger charge is 2.23. The maximum absolute atomic E-state index is 12.9. The lowest BCUT2D eigenvalue weighted by atomic mass is 10.2. The van der Waals surface area contributed by atoms with Crippen molar-refractivity contribution in [2.24, 2.45) is 0 Å². The number of halogens is 1. The molecule has 1 aliphatic heterocycles. The van der Waals surface area contributed by atoms with Gasteiger partial charge in [0.25, 0.3) is 0 Å². The molecular formula is C20H22FN3O3. The largest absolute Gasteiger partial charge is 0.497 e. The number of piperazine rings is 1. The second-order valence-electron chi connectivity index (χ2n) is 6.30. The Morgan fingerprint density at radius 1 is 1.00 bits per heavy atom. The van der Waals surface area contributed by atoms with E-state index >= 15 is 0 Å². The quantitative estimate of drug-likeness (QED) is 0.821. The predicted molar refractivity (Wildman–Crippen MR) is 101 cm³/mol. The Morgan fingerprint density at radius 2 is 1.63 bits per heavy atom. The minimum Gasteiger partial charge on any atom is -0.497 e. The molecule has 1 saturated heterocycles. The molecule has 0 aliphatic carbocycles. The van der Waals surface area contributed by atoms with Gasteiger partial charge in [0.2, 0.25) is 11.8 Å². The van der Waals surface area contributed by atoms with Crippen LogP contribution < -0.4 is 15.0 Å². The number of ether oxygens (including phenoxy) is 1. The summed E-state index contributed by atoms with van der Waals surface area (Å²) in [6.07, 6.45) is -0.222. The fourth-order valence-electron chi connectivity index (χ4n) is 2.99. The first-order chi connectivity index (χ1) is 13.0. The van der Waals surface area contributed by atoms with Crippen LogP contribution >= 0.6 is 0 Å². The van der Waals surface area contributed by atoms with E-state index in [0.717, 1.165) is 11.4 Å². The van der Waals surface area contributed by atoms with Crippen LogP contribution in [0.1, 0.15) is 6.42 Å². The number of rotatable bonds is 5. The first kappa shape index (κ1) is 18.7. The summed E-state index contributed by atoms with van der Waals surface area (Å²) < 4.78 is 18.0. The van der Waals surface area contributed by atoms with Gasteiger partial charge in [0.05, 0.1) is 7.11 Å². The van der Waals surface area contributed by atoms with E-state index in [1.807, 2.05) is 24.3 Å². The monoisotopic (exact) mass is 371 g/mol. The molecule has 7 heteroatoms. The molecule has 0 unspecified atom stereocenters. The third-order valence-electron chi connectivity index (χ3n) is 4.51. The molecule has 1 fully saturated rings. The van der Waals surface area contributed by atoms with Crippen LogP contribution in [0.2, 0.25) is 0 Å². The molecule has 0 bridgehead atoms. The zero-order valence-corrected chi connectivity index (χ0v) is 15.2. The van der Waals surface area contributed by atoms with Gasteiger partial charge in [0.15, 0.2) is 0 Å². The molecule has 1 heterocycles. The van der Waals surface area contributed by atoms with Crippen LogP contribution in [0.15, 0.2) is 48.5 Å². The summed E-state index contributed by atoms with van der Waals surface area (Å²) in [6.45, 7) is 2.54. The number of nitrogens with one attached hydrogen (secondary N) is 1. The Balaban J connectivity index is 1.47. The van der Waals surface area contributed by atoms with Gasteiger partial charge in [-0.25, -0.2) is 4.39 Å². The van der Waals surface area contributed by atoms with Gasteiger partial charge in [-0.05, 0) is 48.5 Å². The Morgan fingerprint density at radius 3 is 2.22 bits per heavy atom. The number of nitrogens with zero attached hydrogens (tertiary/aromatic N) is 2. The fourth-order valence-corrected chi connectivity index (χ4v) is 2.99. The van der Waals surface area contributed by atoms with Gasteiger partial charge in [-0.3, -0.25) is 9.59 Å². The van der Waals surface area contributed by atoms with Crippen molar-refractivity contribution in [2.75, 3.05) is 43.5 Å². The molecule has 0 saturated carbocycles. The fraction of sp³-hybridized carbons (Fsp3) is 0.300. The van der Waals surface area contributed by atoms with Crippen molar-refractivity contribution in [3.8, 4) is 5.75 Å². The van der Waals surface area contributed by atoms with Crippen molar-refractivity contribution in [1.82, 2.24) is 4.90 Å². The standard InChI is InChI=1S/C20H22FN3O3/c1-27-18-8-6-17(7-9-18)23-10-12-24(13-11-23)20(26)14-19(25)22-16-4-2-15(21)3-5-16/h2-9H,10-14H2,1H3,(H,22,25). The van der Waals surface area contributed by atoms with Gasteiger partial charge in [-0.15, -0.1) is 0 Å². The van der Waals surface area contributed by atoms with E-state index in [1.54, 1.807) is 12.0 Å². The van der Waals surface area contributed by atoms with Crippen LogP contribution in [0.5, 0.6) is 5.75 Å². The average molecular weight is 371 g/mol. The highest BCUT2D eigenvalue weighted by molar-refractivity contribution is 6.03. The van der Waals surface area contributed by atoms with Gasteiger partial charge < -0.3 is 19.9 Å². The molecule has 6 nitrogen and oxygen atoms in total. The Hall–Kier alpha value is -3.09. The molecule has 0 aromatic heterocycles. The van der Waals surface area contributed by atoms with Crippen LogP contribution in [0.3, 0.4) is 0 Å². The number of anilines is 2. The van der Waals surface area contributed by atoms with Crippen LogP contribution in [0, 0.1) is 5.82 Å². The second-order valence-corrected chi connectivity index (χ2v) is 6.30. The molecular weight excluding hydrogens is 349 g/mol. The van der Waals surface area contributed by atoms with Crippen molar-refractivity contribution in [1.29, 1.82) is 0 Å². The molecule has 2 aromatic rings. The average Bonchev–Trinajstić information content (AvgIpc) is 2.70. The van der Waals surface area contributed by atoms with E-state index in [0.29, 0.717) is 31.9 Å². The summed E-state index contributed by atoms with van der Waals surface area (Å²) >= 11 is 0. The minimum atomic E-state index is -0.399. The zero-order valence-electron chi connectivity index (χ0n) is 15.2. The van der Waals surface area contributed by atoms with Gasteiger partial charge in [-0.2, -0.15) is 0 Å². The summed E-state index contributed by atoms with van der Waals surface area (Å²) in [5.41, 5.74) is 1.55. The number of hydrogen-bond donors (Lipinski definition) is 1. The molecule has 2 aromatic carbocycles. The van der Waals surface area contributed by atoms with E-state index in [2.05, 4.69) is 10.2 Å². The normalized spacial score (nSPS) is 14.0. The Bertz CT molecular complexity index is 785. The Kier molecular flexibility index (Phi) is 5.90. The van der Waals surface area contributed by atoms with Gasteiger partial charge in [0, 0.05) is 37.6 Å². The topological polar surface area (TPSA) is 61.9 Å². The third-order valence-corrected chi connectivity index (χ3v) is 4.51. The van der Waals surface area contributed by atoms with Crippen molar-refractivity contribution >= 4 is 23.2 Å². The van der Waals surface area contributed by atoms with Crippen molar-refractivity contribution in [2.45, 2.75) is 6.42 Å². The maximum atomic E-state index is 12.9. The van der Waals surface area contributed by atoms with Gasteiger partial charge in [0.1, 0.15) is 18.0 Å². The Labute approximate surface area is 157 Å². The highest BCUT2D eigenvalue weighted by atomic mass is 19.1. The SMILES string of the molecule is COc1ccc(N2CCN(C(=O)CC(=O)Nc3ccc(F)cc3)CC2)cc1. The summed E-state index contributed by atoms with van der Waals surface area (Å²) in [5, 5.41) is 2.61. The summed E-state index contributed by atoms with van der Waals surface area (Å²) in [4.78, 5) is 28.3. The second kappa shape index (κ2) is 8.53. The lowest BCUT2D eigenvalue weighted by Gasteiger charge is -2.36. The van der Waals surface area contributed by atoms with Gasteiger partial charge in [-0.1, -0.05) is 0 Å². The third kappa shape index (κ3) is 4.97. The maximum Gasteiger partial charge on any atom is 0.233 e. The molecule has 1 N–H and O–H groups in total. The molecule has 142 valence electrons. The van der Waals surface area contributed by atoms with Gasteiger partial charge >= 0.3 is 0 Å². The highest BCUT2D eigenvalue weighted by Crippen LogP contribution is 2.20. The first-order valence-electron chi connectivity index (χ1n) is 8.77. The smallest absolute Gasteiger partial charge is 0.233 e. The number of methoxy groups -OCH3 is 1. The molecule has 3 rings (SSSR count). The van der Waals surface area contributed by atoms with E-state index in [4.69, 9.17) is 4.74 Å². The van der Waals surface area contributed by atoms with Crippen molar-refractivity contribution < 1.29 is 18.7 Å². The van der Waals surface area contributed by atoms with Crippen molar-refractivity contribution in [3.63, 3.8) is 0 Å².